The Balaban J connectivity index is 1.73. The summed E-state index contributed by atoms with van der Waals surface area (Å²) in [6.07, 6.45) is 4.27. The predicted octanol–water partition coefficient (Wildman–Crippen LogP) is 3.46. The predicted molar refractivity (Wildman–Crippen MR) is 75.9 cm³/mol. The van der Waals surface area contributed by atoms with E-state index in [9.17, 15) is 4.39 Å². The van der Waals surface area contributed by atoms with Crippen LogP contribution in [-0.4, -0.2) is 17.8 Å². The molecular weight excluding hydrogens is 328 g/mol. The lowest BCUT2D eigenvalue weighted by Gasteiger charge is -2.35. The van der Waals surface area contributed by atoms with Crippen LogP contribution in [-0.2, 0) is 6.42 Å². The Bertz CT molecular complexity index is 391. The molecule has 0 aliphatic carbocycles. The molecule has 0 radical (unpaired) electrons. The highest BCUT2D eigenvalue weighted by molar-refractivity contribution is 14.1. The van der Waals surface area contributed by atoms with Gasteiger partial charge in [-0.1, -0.05) is 12.1 Å². The number of alkyl halides is 1. The molecule has 0 saturated carbocycles. The van der Waals surface area contributed by atoms with Crippen LogP contribution < -0.4 is 5.32 Å². The van der Waals surface area contributed by atoms with E-state index in [2.05, 4.69) is 52.2 Å². The zero-order valence-corrected chi connectivity index (χ0v) is 11.9. The molecule has 0 amide bonds. The minimum absolute atomic E-state index is 0.419. The molecule has 0 spiro atoms. The van der Waals surface area contributed by atoms with Gasteiger partial charge in [0.15, 0.2) is 0 Å². The Hall–Kier alpha value is -0.160. The lowest BCUT2D eigenvalue weighted by atomic mass is 9.84. The van der Waals surface area contributed by atoms with Crippen LogP contribution in [0.4, 0.5) is 4.39 Å². The van der Waals surface area contributed by atoms with Crippen LogP contribution in [0.2, 0.25) is 0 Å². The molecular formula is C14H17FIN. The van der Waals surface area contributed by atoms with E-state index in [0.29, 0.717) is 31.3 Å². The van der Waals surface area contributed by atoms with E-state index in [1.165, 1.54) is 3.57 Å². The van der Waals surface area contributed by atoms with Crippen LogP contribution >= 0.6 is 22.6 Å². The van der Waals surface area contributed by atoms with Crippen molar-refractivity contribution in [2.75, 3.05) is 0 Å². The first-order valence-electron chi connectivity index (χ1n) is 6.32. The van der Waals surface area contributed by atoms with Gasteiger partial charge in [0.05, 0.1) is 0 Å². The second kappa shape index (κ2) is 4.50. The highest BCUT2D eigenvalue weighted by atomic mass is 127. The number of fused-ring (bicyclic) bond motifs is 2. The first kappa shape index (κ1) is 11.9. The summed E-state index contributed by atoms with van der Waals surface area (Å²) >= 11 is 2.28. The van der Waals surface area contributed by atoms with Gasteiger partial charge in [-0.05, 0) is 66.0 Å². The molecule has 17 heavy (non-hydrogen) atoms. The van der Waals surface area contributed by atoms with E-state index in [1.54, 1.807) is 0 Å². The normalized spacial score (nSPS) is 36.1. The quantitative estimate of drug-likeness (QED) is 0.810. The molecule has 1 aromatic rings. The average molecular weight is 345 g/mol. The summed E-state index contributed by atoms with van der Waals surface area (Å²) in [4.78, 5) is 0. The van der Waals surface area contributed by atoms with Crippen LogP contribution in [0, 0.1) is 3.57 Å². The summed E-state index contributed by atoms with van der Waals surface area (Å²) in [5, 5.41) is 3.50. The molecule has 2 aliphatic heterocycles. The van der Waals surface area contributed by atoms with E-state index in [-0.39, 0.29) is 0 Å². The van der Waals surface area contributed by atoms with Gasteiger partial charge in [0, 0.05) is 22.1 Å². The topological polar surface area (TPSA) is 12.0 Å². The molecule has 2 aliphatic rings. The van der Waals surface area contributed by atoms with E-state index in [1.807, 2.05) is 0 Å². The van der Waals surface area contributed by atoms with Crippen molar-refractivity contribution in [1.82, 2.24) is 5.32 Å². The second-order valence-electron chi connectivity index (χ2n) is 5.50. The van der Waals surface area contributed by atoms with Gasteiger partial charge in [0.25, 0.3) is 0 Å². The molecule has 1 nitrogen and oxygen atoms in total. The van der Waals surface area contributed by atoms with Crippen LogP contribution in [0.3, 0.4) is 0 Å². The highest BCUT2D eigenvalue weighted by Gasteiger charge is 2.43. The maximum absolute atomic E-state index is 14.9. The Labute approximate surface area is 115 Å². The number of nitrogens with one attached hydrogen (secondary N) is 1. The summed E-state index contributed by atoms with van der Waals surface area (Å²) in [6, 6.07) is 9.09. The first-order valence-corrected chi connectivity index (χ1v) is 7.40. The monoisotopic (exact) mass is 345 g/mol. The zero-order chi connectivity index (χ0) is 11.9. The summed E-state index contributed by atoms with van der Waals surface area (Å²) in [7, 11) is 0. The fourth-order valence-corrected chi connectivity index (χ4v) is 3.66. The van der Waals surface area contributed by atoms with Crippen molar-refractivity contribution >= 4 is 22.6 Å². The lowest BCUT2D eigenvalue weighted by molar-refractivity contribution is 0.0894. The Morgan fingerprint density at radius 1 is 1.18 bits per heavy atom. The van der Waals surface area contributed by atoms with Crippen LogP contribution in [0.1, 0.15) is 31.2 Å². The van der Waals surface area contributed by atoms with Gasteiger partial charge in [-0.2, -0.15) is 0 Å². The molecule has 2 saturated heterocycles. The largest absolute Gasteiger partial charge is 0.311 e. The molecule has 2 unspecified atom stereocenters. The van der Waals surface area contributed by atoms with E-state index in [4.69, 9.17) is 0 Å². The lowest BCUT2D eigenvalue weighted by Crippen LogP contribution is -2.47. The van der Waals surface area contributed by atoms with Crippen molar-refractivity contribution in [3.05, 3.63) is 33.4 Å². The molecule has 2 fully saturated rings. The Morgan fingerprint density at radius 2 is 1.76 bits per heavy atom. The molecule has 2 atom stereocenters. The molecule has 0 aromatic heterocycles. The number of hydrogen-bond donors (Lipinski definition) is 1. The third-order valence-electron chi connectivity index (χ3n) is 3.99. The smallest absolute Gasteiger partial charge is 0.118 e. The summed E-state index contributed by atoms with van der Waals surface area (Å²) in [5.74, 6) is 0. The molecule has 92 valence electrons. The molecule has 1 aromatic carbocycles. The number of halogens is 2. The van der Waals surface area contributed by atoms with Crippen molar-refractivity contribution in [3.63, 3.8) is 0 Å². The van der Waals surface area contributed by atoms with Crippen molar-refractivity contribution < 1.29 is 4.39 Å². The first-order chi connectivity index (χ1) is 8.13. The average Bonchev–Trinajstić information content (AvgIpc) is 2.62. The van der Waals surface area contributed by atoms with Crippen molar-refractivity contribution in [2.45, 2.75) is 49.9 Å². The van der Waals surface area contributed by atoms with Crippen LogP contribution in [0.5, 0.6) is 0 Å². The highest BCUT2D eigenvalue weighted by Crippen LogP contribution is 2.38. The molecule has 2 bridgehead atoms. The number of piperidine rings is 1. The van der Waals surface area contributed by atoms with Crippen LogP contribution in [0.15, 0.2) is 24.3 Å². The SMILES string of the molecule is FC1(Cc2ccc(I)cc2)CC2CCC(C1)N2. The summed E-state index contributed by atoms with van der Waals surface area (Å²) in [5.41, 5.74) is 0.151. The third kappa shape index (κ3) is 2.65. The Kier molecular flexibility index (Phi) is 3.15. The number of hydrogen-bond acceptors (Lipinski definition) is 1. The van der Waals surface area contributed by atoms with Gasteiger partial charge in [0.1, 0.15) is 5.67 Å². The fraction of sp³-hybridized carbons (Fsp3) is 0.571. The van der Waals surface area contributed by atoms with Crippen molar-refractivity contribution in [1.29, 1.82) is 0 Å². The van der Waals surface area contributed by atoms with Crippen molar-refractivity contribution in [3.8, 4) is 0 Å². The molecule has 3 rings (SSSR count). The third-order valence-corrected chi connectivity index (χ3v) is 4.71. The minimum Gasteiger partial charge on any atom is -0.311 e. The number of rotatable bonds is 2. The van der Waals surface area contributed by atoms with Gasteiger partial charge in [0.2, 0.25) is 0 Å². The maximum atomic E-state index is 14.9. The van der Waals surface area contributed by atoms with Gasteiger partial charge in [-0.15, -0.1) is 0 Å². The van der Waals surface area contributed by atoms with Gasteiger partial charge < -0.3 is 5.32 Å². The minimum atomic E-state index is -0.982. The van der Waals surface area contributed by atoms with Gasteiger partial charge >= 0.3 is 0 Å². The summed E-state index contributed by atoms with van der Waals surface area (Å²) < 4.78 is 16.1. The van der Waals surface area contributed by atoms with Gasteiger partial charge in [-0.25, -0.2) is 4.39 Å². The Morgan fingerprint density at radius 3 is 2.35 bits per heavy atom. The molecule has 2 heterocycles. The molecule has 1 N–H and O–H groups in total. The second-order valence-corrected chi connectivity index (χ2v) is 6.75. The molecule has 3 heteroatoms. The van der Waals surface area contributed by atoms with E-state index >= 15 is 0 Å². The van der Waals surface area contributed by atoms with Crippen LogP contribution in [0.25, 0.3) is 0 Å². The van der Waals surface area contributed by atoms with E-state index in [0.717, 1.165) is 18.4 Å². The maximum Gasteiger partial charge on any atom is 0.118 e. The fourth-order valence-electron chi connectivity index (χ4n) is 3.30. The number of benzene rings is 1. The summed E-state index contributed by atoms with van der Waals surface area (Å²) in [6.45, 7) is 0. The van der Waals surface area contributed by atoms with E-state index < -0.39 is 5.67 Å². The zero-order valence-electron chi connectivity index (χ0n) is 9.76. The van der Waals surface area contributed by atoms with Gasteiger partial charge in [-0.3, -0.25) is 0 Å². The van der Waals surface area contributed by atoms with Crippen molar-refractivity contribution in [2.24, 2.45) is 0 Å². The standard InChI is InChI=1S/C14H17FIN/c15-14(7-10-1-3-11(16)4-2-10)8-12-5-6-13(9-14)17-12/h1-4,12-13,17H,5-9H2.